The van der Waals surface area contributed by atoms with Crippen molar-refractivity contribution in [1.82, 2.24) is 16.0 Å². The number of rotatable bonds is 8. The SMILES string of the molecule is CCCC(CNC(=NC)NC1CCC(C(=O)OCC)CC1)NC(=O)OC(C)(C)C.I. The van der Waals surface area contributed by atoms with Crippen molar-refractivity contribution in [3.8, 4) is 0 Å². The number of carbonyl (C=O) groups is 2. The molecule has 0 aromatic heterocycles. The van der Waals surface area contributed by atoms with Crippen molar-refractivity contribution in [3.05, 3.63) is 0 Å². The van der Waals surface area contributed by atoms with Gasteiger partial charge in [-0.1, -0.05) is 13.3 Å². The van der Waals surface area contributed by atoms with Crippen LogP contribution in [-0.4, -0.2) is 55.9 Å². The summed E-state index contributed by atoms with van der Waals surface area (Å²) in [7, 11) is 1.73. The van der Waals surface area contributed by atoms with Crippen LogP contribution in [0.25, 0.3) is 0 Å². The largest absolute Gasteiger partial charge is 0.466 e. The van der Waals surface area contributed by atoms with E-state index in [0.29, 0.717) is 19.1 Å². The van der Waals surface area contributed by atoms with Gasteiger partial charge in [-0.05, 0) is 59.8 Å². The second-order valence-electron chi connectivity index (χ2n) is 8.53. The molecule has 0 saturated heterocycles. The van der Waals surface area contributed by atoms with Crippen molar-refractivity contribution in [2.24, 2.45) is 10.9 Å². The summed E-state index contributed by atoms with van der Waals surface area (Å²) in [5.74, 6) is 0.635. The van der Waals surface area contributed by atoms with Gasteiger partial charge in [-0.15, -0.1) is 24.0 Å². The summed E-state index contributed by atoms with van der Waals surface area (Å²) in [4.78, 5) is 28.2. The molecule has 1 amide bonds. The van der Waals surface area contributed by atoms with Gasteiger partial charge in [0.1, 0.15) is 5.60 Å². The van der Waals surface area contributed by atoms with E-state index >= 15 is 0 Å². The quantitative estimate of drug-likeness (QED) is 0.188. The molecule has 1 fully saturated rings. The van der Waals surface area contributed by atoms with Crippen molar-refractivity contribution in [2.75, 3.05) is 20.2 Å². The summed E-state index contributed by atoms with van der Waals surface area (Å²) in [5.41, 5.74) is -0.520. The third kappa shape index (κ3) is 11.8. The molecule has 9 heteroatoms. The van der Waals surface area contributed by atoms with E-state index in [1.807, 2.05) is 27.7 Å². The van der Waals surface area contributed by atoms with Crippen LogP contribution >= 0.6 is 24.0 Å². The highest BCUT2D eigenvalue weighted by atomic mass is 127. The minimum absolute atomic E-state index is 0. The fraction of sp³-hybridized carbons (Fsp3) is 0.857. The lowest BCUT2D eigenvalue weighted by molar-refractivity contribution is -0.149. The summed E-state index contributed by atoms with van der Waals surface area (Å²) in [5, 5.41) is 9.66. The van der Waals surface area contributed by atoms with Gasteiger partial charge in [0.2, 0.25) is 0 Å². The highest BCUT2D eigenvalue weighted by Crippen LogP contribution is 2.25. The van der Waals surface area contributed by atoms with Gasteiger partial charge in [-0.2, -0.15) is 0 Å². The number of nitrogens with one attached hydrogen (secondary N) is 3. The minimum atomic E-state index is -0.520. The van der Waals surface area contributed by atoms with Crippen LogP contribution in [0.5, 0.6) is 0 Å². The van der Waals surface area contributed by atoms with Gasteiger partial charge in [0.25, 0.3) is 0 Å². The molecule has 3 N–H and O–H groups in total. The number of hydrogen-bond acceptors (Lipinski definition) is 5. The molecular weight excluding hydrogens is 499 g/mol. The van der Waals surface area contributed by atoms with Crippen LogP contribution in [0.1, 0.15) is 73.1 Å². The standard InChI is InChI=1S/C21H40N4O4.HI/c1-7-9-17(25-20(27)29-21(3,4)5)14-23-19(22-6)24-16-12-10-15(11-13-16)18(26)28-8-2;/h15-17H,7-14H2,1-6H3,(H,25,27)(H2,22,23,24);1H. The van der Waals surface area contributed by atoms with Gasteiger partial charge in [-0.3, -0.25) is 9.79 Å². The van der Waals surface area contributed by atoms with E-state index in [2.05, 4.69) is 27.9 Å². The molecule has 0 bridgehead atoms. The molecule has 1 aliphatic carbocycles. The van der Waals surface area contributed by atoms with Crippen molar-refractivity contribution < 1.29 is 19.1 Å². The van der Waals surface area contributed by atoms with E-state index < -0.39 is 11.7 Å². The van der Waals surface area contributed by atoms with Gasteiger partial charge < -0.3 is 25.4 Å². The van der Waals surface area contributed by atoms with Crippen LogP contribution in [0.4, 0.5) is 4.79 Å². The lowest BCUT2D eigenvalue weighted by atomic mass is 9.86. The van der Waals surface area contributed by atoms with Crippen LogP contribution in [0.2, 0.25) is 0 Å². The molecule has 0 aliphatic heterocycles. The monoisotopic (exact) mass is 540 g/mol. The molecule has 1 rings (SSSR count). The second-order valence-corrected chi connectivity index (χ2v) is 8.53. The Morgan fingerprint density at radius 1 is 1.13 bits per heavy atom. The molecule has 0 aromatic carbocycles. The average Bonchev–Trinajstić information content (AvgIpc) is 2.64. The zero-order valence-corrected chi connectivity index (χ0v) is 21.7. The third-order valence-electron chi connectivity index (χ3n) is 4.79. The summed E-state index contributed by atoms with van der Waals surface area (Å²) < 4.78 is 10.5. The van der Waals surface area contributed by atoms with E-state index in [4.69, 9.17) is 9.47 Å². The predicted molar refractivity (Wildman–Crippen MR) is 130 cm³/mol. The number of carbonyl (C=O) groups excluding carboxylic acids is 2. The molecule has 0 radical (unpaired) electrons. The number of nitrogens with zero attached hydrogens (tertiary/aromatic N) is 1. The molecule has 1 aliphatic rings. The Bertz CT molecular complexity index is 544. The van der Waals surface area contributed by atoms with Crippen molar-refractivity contribution in [2.45, 2.75) is 90.8 Å². The van der Waals surface area contributed by atoms with E-state index in [9.17, 15) is 9.59 Å². The topological polar surface area (TPSA) is 101 Å². The van der Waals surface area contributed by atoms with Crippen LogP contribution in [-0.2, 0) is 14.3 Å². The van der Waals surface area contributed by atoms with E-state index in [0.717, 1.165) is 38.5 Å². The fourth-order valence-electron chi connectivity index (χ4n) is 3.39. The zero-order valence-electron chi connectivity index (χ0n) is 19.4. The van der Waals surface area contributed by atoms with Gasteiger partial charge >= 0.3 is 12.1 Å². The summed E-state index contributed by atoms with van der Waals surface area (Å²) in [6, 6.07) is 0.225. The highest BCUT2D eigenvalue weighted by Gasteiger charge is 2.27. The number of halogens is 1. The van der Waals surface area contributed by atoms with Crippen molar-refractivity contribution >= 4 is 42.0 Å². The number of alkyl carbamates (subject to hydrolysis) is 1. The normalized spacial score (nSPS) is 20.4. The Kier molecular flexibility index (Phi) is 14.1. The number of amides is 1. The van der Waals surface area contributed by atoms with Gasteiger partial charge in [0.15, 0.2) is 5.96 Å². The summed E-state index contributed by atoms with van der Waals surface area (Å²) in [6.45, 7) is 10.5. The van der Waals surface area contributed by atoms with Gasteiger partial charge in [0.05, 0.1) is 12.5 Å². The van der Waals surface area contributed by atoms with Crippen molar-refractivity contribution in [3.63, 3.8) is 0 Å². The lowest BCUT2D eigenvalue weighted by Crippen LogP contribution is -2.50. The molecule has 0 heterocycles. The Hall–Kier alpha value is -1.26. The first-order valence-corrected chi connectivity index (χ1v) is 10.8. The predicted octanol–water partition coefficient (Wildman–Crippen LogP) is 3.58. The first kappa shape index (κ1) is 28.7. The number of hydrogen-bond donors (Lipinski definition) is 3. The molecule has 1 atom stereocenters. The van der Waals surface area contributed by atoms with Crippen LogP contribution in [0, 0.1) is 5.92 Å². The molecule has 0 aromatic rings. The molecule has 1 saturated carbocycles. The molecular formula is C21H41IN4O4. The third-order valence-corrected chi connectivity index (χ3v) is 4.79. The molecule has 1 unspecified atom stereocenters. The molecule has 0 spiro atoms. The number of guanidine groups is 1. The Balaban J connectivity index is 0.00000841. The van der Waals surface area contributed by atoms with Crippen LogP contribution in [0.3, 0.4) is 0 Å². The second kappa shape index (κ2) is 14.7. The lowest BCUT2D eigenvalue weighted by Gasteiger charge is -2.29. The summed E-state index contributed by atoms with van der Waals surface area (Å²) >= 11 is 0. The molecule has 30 heavy (non-hydrogen) atoms. The Labute approximate surface area is 198 Å². The Morgan fingerprint density at radius 3 is 2.27 bits per heavy atom. The molecule has 176 valence electrons. The first-order chi connectivity index (χ1) is 13.7. The smallest absolute Gasteiger partial charge is 0.407 e. The maximum atomic E-state index is 12.1. The minimum Gasteiger partial charge on any atom is -0.466 e. The summed E-state index contributed by atoms with van der Waals surface area (Å²) in [6.07, 6.45) is 4.84. The van der Waals surface area contributed by atoms with E-state index in [1.165, 1.54) is 0 Å². The molecule has 8 nitrogen and oxygen atoms in total. The Morgan fingerprint density at radius 2 is 1.77 bits per heavy atom. The number of aliphatic imine (C=N–C) groups is 1. The van der Waals surface area contributed by atoms with Gasteiger partial charge in [0, 0.05) is 25.7 Å². The number of ether oxygens (including phenoxy) is 2. The first-order valence-electron chi connectivity index (χ1n) is 10.8. The van der Waals surface area contributed by atoms with Gasteiger partial charge in [-0.25, -0.2) is 4.79 Å². The van der Waals surface area contributed by atoms with E-state index in [-0.39, 0.29) is 47.9 Å². The van der Waals surface area contributed by atoms with Crippen LogP contribution < -0.4 is 16.0 Å². The fourth-order valence-corrected chi connectivity index (χ4v) is 3.39. The van der Waals surface area contributed by atoms with Crippen molar-refractivity contribution in [1.29, 1.82) is 0 Å². The average molecular weight is 540 g/mol. The number of esters is 1. The zero-order chi connectivity index (χ0) is 21.9. The van der Waals surface area contributed by atoms with Crippen LogP contribution in [0.15, 0.2) is 4.99 Å². The van der Waals surface area contributed by atoms with E-state index in [1.54, 1.807) is 7.05 Å². The maximum absolute atomic E-state index is 12.1. The highest BCUT2D eigenvalue weighted by molar-refractivity contribution is 14.0. The maximum Gasteiger partial charge on any atom is 0.407 e.